The summed E-state index contributed by atoms with van der Waals surface area (Å²) in [6.07, 6.45) is 14.2. The molecule has 3 aromatic rings. The van der Waals surface area contributed by atoms with Gasteiger partial charge >= 0.3 is 25.2 Å². The highest BCUT2D eigenvalue weighted by Crippen LogP contribution is 2.36. The molecule has 0 unspecified atom stereocenters. The molecule has 2 aliphatic rings. The van der Waals surface area contributed by atoms with E-state index in [4.69, 9.17) is 24.7 Å². The number of benzene rings is 2. The average Bonchev–Trinajstić information content (AvgIpc) is 3.78. The van der Waals surface area contributed by atoms with Crippen molar-refractivity contribution in [2.75, 3.05) is 25.4 Å². The minimum atomic E-state index is -6.00. The van der Waals surface area contributed by atoms with E-state index in [0.717, 1.165) is 101 Å². The number of nitrogens with one attached hydrogen (secondary N) is 2. The second kappa shape index (κ2) is 27.6. The van der Waals surface area contributed by atoms with Gasteiger partial charge in [-0.2, -0.15) is 4.57 Å². The molecule has 0 radical (unpaired) electrons. The number of nitrogen functional groups attached to an aromatic ring is 1. The molecule has 2 aliphatic heterocycles. The monoisotopic (exact) mass is 987 g/mol. The predicted octanol–water partition coefficient (Wildman–Crippen LogP) is 7.96. The normalized spacial score (nSPS) is 17.8. The van der Waals surface area contributed by atoms with Crippen LogP contribution in [-0.2, 0) is 43.8 Å². The van der Waals surface area contributed by atoms with E-state index in [0.29, 0.717) is 25.9 Å². The number of aryl methyl sites for hydroxylation is 2. The lowest BCUT2D eigenvalue weighted by Crippen LogP contribution is -2.41. The molecule has 3 heterocycles. The fourth-order valence-corrected chi connectivity index (χ4v) is 9.69. The molecule has 0 amide bonds. The fraction of sp³-hybridized carbons (Fsp3) is 0.600. The van der Waals surface area contributed by atoms with Crippen molar-refractivity contribution >= 4 is 45.1 Å². The zero-order chi connectivity index (χ0) is 48.9. The van der Waals surface area contributed by atoms with Crippen LogP contribution in [0.3, 0.4) is 0 Å². The molecule has 0 spiro atoms. The van der Waals surface area contributed by atoms with Gasteiger partial charge in [0.25, 0.3) is 0 Å². The molecular weight excluding hydrogens is 921 g/mol. The van der Waals surface area contributed by atoms with Gasteiger partial charge in [-0.05, 0) is 63.8 Å². The molecule has 67 heavy (non-hydrogen) atoms. The second-order valence-electron chi connectivity index (χ2n) is 16.9. The van der Waals surface area contributed by atoms with Gasteiger partial charge in [-0.1, -0.05) is 112 Å². The van der Waals surface area contributed by atoms with Gasteiger partial charge in [0.15, 0.2) is 6.10 Å². The molecule has 2 aromatic carbocycles. The van der Waals surface area contributed by atoms with Crippen LogP contribution in [-0.4, -0.2) is 79.0 Å². The van der Waals surface area contributed by atoms with Gasteiger partial charge in [-0.3, -0.25) is 9.59 Å². The summed E-state index contributed by atoms with van der Waals surface area (Å²) in [6.45, 7) is 4.59. The van der Waals surface area contributed by atoms with Crippen molar-refractivity contribution in [1.29, 1.82) is 0 Å². The SMILES string of the molecule is Cc1ccc(S(=O)(=O)NCCCCCCCCCCC(=O)OC[C@H]2O[C@@H]3[C@H](Oc4nc(N)cc[n+]43)[C@@H]2OC(=O)CCCCCCCCCCNS(=O)(=O)c2ccc(C)cc2)cc1.F[B-](F)(F)F. The number of hydrogen-bond acceptors (Lipinski definition) is 12. The van der Waals surface area contributed by atoms with Crippen LogP contribution in [0.5, 0.6) is 6.01 Å². The standard InChI is InChI=1S/C45H65N5O10S2.BF4/c1-34-21-25-36(26-22-34)61(53,54)47-30-17-13-9-5-3-7-11-15-19-40(51)57-33-38-42(43-44(58-38)50-32-29-39(46)49-45(50)60-43)59-41(52)20-16-12-8-4-6-10-14-18-31-48-62(55,56)37-27-23-35(2)24-28-37;2-1(3,4)5/h21-29,32,38,42-44,46-48H,3-20,30-31,33H2,1-2H3;/q;-1/p+1/t38-,42-,43-,44-;/m1./s1. The number of nitrogens with zero attached hydrogens (tertiary/aromatic N) is 2. The van der Waals surface area contributed by atoms with Crippen molar-refractivity contribution in [3.05, 3.63) is 71.9 Å². The first-order valence-electron chi connectivity index (χ1n) is 23.2. The Morgan fingerprint density at radius 1 is 0.672 bits per heavy atom. The molecular formula is C45H66BF4N5O10S2. The summed E-state index contributed by atoms with van der Waals surface area (Å²) in [5, 5.41) is 0. The number of esters is 2. The third-order valence-corrected chi connectivity index (χ3v) is 14.1. The highest BCUT2D eigenvalue weighted by molar-refractivity contribution is 7.89. The molecule has 1 saturated heterocycles. The first-order valence-corrected chi connectivity index (χ1v) is 26.1. The summed E-state index contributed by atoms with van der Waals surface area (Å²) in [7, 11) is -13.0. The quantitative estimate of drug-likeness (QED) is 0.0199. The number of ether oxygens (including phenoxy) is 4. The fourth-order valence-electron chi connectivity index (χ4n) is 7.54. The van der Waals surface area contributed by atoms with Crippen LogP contribution in [0.1, 0.15) is 133 Å². The van der Waals surface area contributed by atoms with Crippen LogP contribution in [0, 0.1) is 13.8 Å². The van der Waals surface area contributed by atoms with E-state index >= 15 is 0 Å². The first kappa shape index (κ1) is 55.2. The van der Waals surface area contributed by atoms with Crippen molar-refractivity contribution < 1.29 is 67.2 Å². The Balaban J connectivity index is 0.00000186. The number of nitrogens with two attached hydrogens (primary N) is 1. The smallest absolute Gasteiger partial charge is 0.463 e. The number of fused-ring (bicyclic) bond motifs is 3. The first-order chi connectivity index (χ1) is 31.8. The molecule has 374 valence electrons. The highest BCUT2D eigenvalue weighted by atomic mass is 32.2. The lowest BCUT2D eigenvalue weighted by molar-refractivity contribution is -0.746. The van der Waals surface area contributed by atoms with Gasteiger partial charge in [-0.25, -0.2) is 26.3 Å². The zero-order valence-corrected chi connectivity index (χ0v) is 40.0. The summed E-state index contributed by atoms with van der Waals surface area (Å²) in [5.74, 6) is -0.424. The van der Waals surface area contributed by atoms with E-state index in [1.807, 2.05) is 13.8 Å². The molecule has 4 N–H and O–H groups in total. The number of halogens is 4. The molecule has 0 bridgehead atoms. The number of rotatable bonds is 29. The van der Waals surface area contributed by atoms with Crippen molar-refractivity contribution in [3.63, 3.8) is 0 Å². The molecule has 1 aromatic heterocycles. The van der Waals surface area contributed by atoms with Crippen LogP contribution in [0.25, 0.3) is 0 Å². The van der Waals surface area contributed by atoms with Crippen LogP contribution in [0.15, 0.2) is 70.6 Å². The van der Waals surface area contributed by atoms with E-state index in [9.17, 15) is 43.7 Å². The van der Waals surface area contributed by atoms with Crippen LogP contribution in [0.4, 0.5) is 23.1 Å². The molecule has 22 heteroatoms. The Morgan fingerprint density at radius 2 is 1.09 bits per heavy atom. The number of carbonyl (C=O) groups is 2. The van der Waals surface area contributed by atoms with Crippen molar-refractivity contribution in [3.8, 4) is 6.01 Å². The van der Waals surface area contributed by atoms with Gasteiger partial charge in [0.05, 0.1) is 9.79 Å². The lowest BCUT2D eigenvalue weighted by atomic mass is 10.1. The van der Waals surface area contributed by atoms with Gasteiger partial charge in [0.2, 0.25) is 38.2 Å². The zero-order valence-electron chi connectivity index (χ0n) is 38.4. The van der Waals surface area contributed by atoms with E-state index in [2.05, 4.69) is 14.4 Å². The maximum absolute atomic E-state index is 13.1. The highest BCUT2D eigenvalue weighted by Gasteiger charge is 2.58. The van der Waals surface area contributed by atoms with E-state index in [1.165, 1.54) is 0 Å². The number of carbonyl (C=O) groups excluding carboxylic acids is 2. The number of anilines is 1. The van der Waals surface area contributed by atoms with Gasteiger partial charge in [-0.15, -0.1) is 0 Å². The molecule has 4 atom stereocenters. The van der Waals surface area contributed by atoms with Crippen molar-refractivity contribution in [2.24, 2.45) is 0 Å². The Morgan fingerprint density at radius 3 is 1.55 bits per heavy atom. The number of sulfonamides is 2. The average molecular weight is 988 g/mol. The van der Waals surface area contributed by atoms with E-state index in [1.54, 1.807) is 65.4 Å². The predicted molar refractivity (Wildman–Crippen MR) is 244 cm³/mol. The minimum Gasteiger partial charge on any atom is -0.463 e. The summed E-state index contributed by atoms with van der Waals surface area (Å²) in [4.78, 5) is 30.6. The van der Waals surface area contributed by atoms with Crippen LogP contribution in [0.2, 0.25) is 0 Å². The number of aromatic nitrogens is 2. The van der Waals surface area contributed by atoms with Gasteiger partial charge in [0.1, 0.15) is 18.9 Å². The topological polar surface area (TPSA) is 206 Å². The maximum atomic E-state index is 13.1. The summed E-state index contributed by atoms with van der Waals surface area (Å²) in [6, 6.07) is 15.5. The minimum absolute atomic E-state index is 0.0781. The van der Waals surface area contributed by atoms with Crippen molar-refractivity contribution in [1.82, 2.24) is 14.4 Å². The third-order valence-electron chi connectivity index (χ3n) is 11.2. The number of unbranched alkanes of at least 4 members (excludes halogenated alkanes) is 14. The van der Waals surface area contributed by atoms with E-state index < -0.39 is 51.8 Å². The summed E-state index contributed by atoms with van der Waals surface area (Å²) >= 11 is 0. The lowest BCUT2D eigenvalue weighted by Gasteiger charge is -2.21. The third kappa shape index (κ3) is 20.4. The molecule has 15 nitrogen and oxygen atoms in total. The molecule has 1 fully saturated rings. The van der Waals surface area contributed by atoms with Gasteiger partial charge in [0, 0.05) is 37.0 Å². The van der Waals surface area contributed by atoms with Gasteiger partial charge < -0.3 is 41.9 Å². The Bertz CT molecular complexity index is 2200. The largest absolute Gasteiger partial charge is 0.673 e. The second-order valence-corrected chi connectivity index (χ2v) is 20.4. The molecule has 0 aliphatic carbocycles. The Kier molecular flexibility index (Phi) is 22.7. The summed E-state index contributed by atoms with van der Waals surface area (Å²) in [5.41, 5.74) is 7.89. The summed E-state index contributed by atoms with van der Waals surface area (Å²) < 4.78 is 120. The number of hydrogen-bond donors (Lipinski definition) is 3. The van der Waals surface area contributed by atoms with E-state index in [-0.39, 0.29) is 53.0 Å². The Hall–Kier alpha value is -4.38. The maximum Gasteiger partial charge on any atom is 0.673 e. The van der Waals surface area contributed by atoms with Crippen LogP contribution >= 0.6 is 0 Å². The van der Waals surface area contributed by atoms with Crippen LogP contribution < -0.4 is 24.5 Å². The van der Waals surface area contributed by atoms with Crippen molar-refractivity contribution in [2.45, 2.75) is 164 Å². The molecule has 0 saturated carbocycles. The molecule has 5 rings (SSSR count). The Labute approximate surface area is 392 Å².